The molecule has 2 aromatic carbocycles. The summed E-state index contributed by atoms with van der Waals surface area (Å²) in [6.45, 7) is 6.25. The highest BCUT2D eigenvalue weighted by molar-refractivity contribution is 6.33. The van der Waals surface area contributed by atoms with Gasteiger partial charge in [0, 0.05) is 29.6 Å². The largest absolute Gasteiger partial charge is 0.496 e. The molecule has 1 amide bonds. The normalized spacial score (nSPS) is 18.6. The van der Waals surface area contributed by atoms with Crippen LogP contribution in [0.2, 0.25) is 0 Å². The molecule has 1 heterocycles. The van der Waals surface area contributed by atoms with Crippen molar-refractivity contribution in [2.75, 3.05) is 33.4 Å². The number of nitrogens with zero attached hydrogens (tertiary/aromatic N) is 2. The van der Waals surface area contributed by atoms with Crippen LogP contribution >= 0.6 is 0 Å². The van der Waals surface area contributed by atoms with Crippen molar-refractivity contribution in [2.24, 2.45) is 0 Å². The van der Waals surface area contributed by atoms with Gasteiger partial charge in [-0.25, -0.2) is 0 Å². The smallest absolute Gasteiger partial charge is 0.257 e. The number of hydrogen-bond acceptors (Lipinski definition) is 5. The van der Waals surface area contributed by atoms with Crippen molar-refractivity contribution >= 4 is 17.3 Å². The van der Waals surface area contributed by atoms with Gasteiger partial charge in [0.05, 0.1) is 37.5 Å². The monoisotopic (exact) mass is 428 g/mol. The molecule has 3 aliphatic rings. The van der Waals surface area contributed by atoms with Gasteiger partial charge in [-0.1, -0.05) is 19.9 Å². The fourth-order valence-electron chi connectivity index (χ4n) is 5.14. The lowest BCUT2D eigenvalue weighted by Crippen LogP contribution is -2.41. The Labute approximate surface area is 187 Å². The maximum absolute atomic E-state index is 13.7. The molecule has 6 nitrogen and oxygen atoms in total. The average molecular weight is 428 g/mol. The number of amides is 1. The molecule has 0 N–H and O–H groups in total. The topological polar surface area (TPSA) is 79.6 Å². The number of ether oxygens (including phenoxy) is 2. The first-order valence-corrected chi connectivity index (χ1v) is 10.8. The molecule has 0 aromatic heterocycles. The van der Waals surface area contributed by atoms with Crippen LogP contribution in [0.1, 0.15) is 56.8 Å². The van der Waals surface area contributed by atoms with E-state index in [2.05, 4.69) is 19.9 Å². The summed E-state index contributed by atoms with van der Waals surface area (Å²) in [4.78, 5) is 28.8. The molecular formula is C26H24N2O4. The van der Waals surface area contributed by atoms with Crippen LogP contribution in [-0.4, -0.2) is 50.0 Å². The molecule has 0 saturated carbocycles. The van der Waals surface area contributed by atoms with E-state index < -0.39 is 5.41 Å². The van der Waals surface area contributed by atoms with E-state index in [9.17, 15) is 14.9 Å². The standard InChI is InChI=1S/C26H24N2O4/c1-26(2)20-13-22(31-3)19(25(30)28-6-8-32-9-7-28)12-18(20)24(29)23-17-5-4-15(14-27)10-16(17)11-21(23)26/h4-5,10,12-13H,6-9,11H2,1-3H3. The van der Waals surface area contributed by atoms with Crippen LogP contribution in [0.15, 0.2) is 35.9 Å². The molecule has 0 radical (unpaired) electrons. The highest BCUT2D eigenvalue weighted by Crippen LogP contribution is 2.51. The lowest BCUT2D eigenvalue weighted by molar-refractivity contribution is 0.0301. The predicted octanol–water partition coefficient (Wildman–Crippen LogP) is 3.52. The van der Waals surface area contributed by atoms with E-state index >= 15 is 0 Å². The summed E-state index contributed by atoms with van der Waals surface area (Å²) in [6.07, 6.45) is 0.634. The minimum Gasteiger partial charge on any atom is -0.496 e. The number of ketones is 1. The highest BCUT2D eigenvalue weighted by atomic mass is 16.5. The number of hydrogen-bond donors (Lipinski definition) is 0. The van der Waals surface area contributed by atoms with Gasteiger partial charge in [0.15, 0.2) is 5.78 Å². The zero-order valence-electron chi connectivity index (χ0n) is 18.4. The maximum Gasteiger partial charge on any atom is 0.257 e. The molecule has 1 saturated heterocycles. The number of nitriles is 1. The van der Waals surface area contributed by atoms with Gasteiger partial charge in [-0.15, -0.1) is 0 Å². The zero-order chi connectivity index (χ0) is 22.6. The van der Waals surface area contributed by atoms with Gasteiger partial charge in [0.1, 0.15) is 5.75 Å². The van der Waals surface area contributed by atoms with Crippen LogP contribution < -0.4 is 4.74 Å². The fourth-order valence-corrected chi connectivity index (χ4v) is 5.14. The predicted molar refractivity (Wildman–Crippen MR) is 119 cm³/mol. The van der Waals surface area contributed by atoms with Gasteiger partial charge < -0.3 is 14.4 Å². The third-order valence-electron chi connectivity index (χ3n) is 6.94. The summed E-state index contributed by atoms with van der Waals surface area (Å²) in [6, 6.07) is 11.2. The molecule has 2 aromatic rings. The quantitative estimate of drug-likeness (QED) is 0.731. The van der Waals surface area contributed by atoms with Crippen molar-refractivity contribution in [2.45, 2.75) is 25.7 Å². The second kappa shape index (κ2) is 7.32. The molecule has 5 rings (SSSR count). The third kappa shape index (κ3) is 2.89. The van der Waals surface area contributed by atoms with Crippen LogP contribution in [0.25, 0.3) is 5.57 Å². The Kier molecular flexibility index (Phi) is 4.68. The van der Waals surface area contributed by atoms with E-state index in [1.165, 1.54) is 0 Å². The number of carbonyl (C=O) groups is 2. The minimum absolute atomic E-state index is 0.0727. The van der Waals surface area contributed by atoms with Crippen LogP contribution in [0.4, 0.5) is 0 Å². The molecule has 6 heteroatoms. The third-order valence-corrected chi connectivity index (χ3v) is 6.94. The molecule has 0 atom stereocenters. The molecule has 0 unspecified atom stereocenters. The Balaban J connectivity index is 1.64. The average Bonchev–Trinajstić information content (AvgIpc) is 3.22. The minimum atomic E-state index is -0.418. The van der Waals surface area contributed by atoms with Crippen molar-refractivity contribution in [3.05, 3.63) is 69.3 Å². The Hall–Kier alpha value is -3.43. The lowest BCUT2D eigenvalue weighted by atomic mass is 9.68. The molecular weight excluding hydrogens is 404 g/mol. The first kappa shape index (κ1) is 20.5. The number of benzene rings is 2. The summed E-state index contributed by atoms with van der Waals surface area (Å²) >= 11 is 0. The molecule has 32 heavy (non-hydrogen) atoms. The second-order valence-corrected chi connectivity index (χ2v) is 8.97. The van der Waals surface area contributed by atoms with Gasteiger partial charge in [-0.2, -0.15) is 5.26 Å². The number of morpholine rings is 1. The number of fused-ring (bicyclic) bond motifs is 3. The van der Waals surface area contributed by atoms with E-state index in [1.54, 1.807) is 24.1 Å². The van der Waals surface area contributed by atoms with Gasteiger partial charge in [0.25, 0.3) is 5.91 Å². The Morgan fingerprint density at radius 2 is 1.91 bits per heavy atom. The van der Waals surface area contributed by atoms with Crippen molar-refractivity contribution in [3.8, 4) is 11.8 Å². The van der Waals surface area contributed by atoms with Gasteiger partial charge in [-0.3, -0.25) is 9.59 Å². The summed E-state index contributed by atoms with van der Waals surface area (Å²) < 4.78 is 11.0. The number of methoxy groups -OCH3 is 1. The maximum atomic E-state index is 13.7. The van der Waals surface area contributed by atoms with Crippen molar-refractivity contribution in [3.63, 3.8) is 0 Å². The molecule has 0 spiro atoms. The Bertz CT molecular complexity index is 1240. The van der Waals surface area contributed by atoms with E-state index in [4.69, 9.17) is 9.47 Å². The number of carbonyl (C=O) groups excluding carboxylic acids is 2. The second-order valence-electron chi connectivity index (χ2n) is 8.97. The van der Waals surface area contributed by atoms with E-state index in [-0.39, 0.29) is 11.7 Å². The van der Waals surface area contributed by atoms with E-state index in [1.807, 2.05) is 18.2 Å². The Morgan fingerprint density at radius 1 is 1.16 bits per heavy atom. The van der Waals surface area contributed by atoms with E-state index in [0.29, 0.717) is 60.7 Å². The van der Waals surface area contributed by atoms with Gasteiger partial charge in [-0.05, 0) is 52.9 Å². The molecule has 2 aliphatic carbocycles. The van der Waals surface area contributed by atoms with Gasteiger partial charge in [0.2, 0.25) is 0 Å². The SMILES string of the molecule is COc1cc2c(cc1C(=O)N1CCOCC1)C(=O)C1=C(Cc3cc(C#N)ccc31)C2(C)C. The summed E-state index contributed by atoms with van der Waals surface area (Å²) in [5.74, 6) is 0.257. The molecule has 162 valence electrons. The van der Waals surface area contributed by atoms with Crippen LogP contribution in [-0.2, 0) is 16.6 Å². The summed E-state index contributed by atoms with van der Waals surface area (Å²) in [5.41, 5.74) is 5.63. The number of allylic oxidation sites excluding steroid dienone is 2. The first-order chi connectivity index (χ1) is 15.4. The number of rotatable bonds is 2. The zero-order valence-corrected chi connectivity index (χ0v) is 18.4. The molecule has 0 bridgehead atoms. The molecule has 1 aliphatic heterocycles. The van der Waals surface area contributed by atoms with Crippen LogP contribution in [0.3, 0.4) is 0 Å². The van der Waals surface area contributed by atoms with Crippen LogP contribution in [0.5, 0.6) is 5.75 Å². The van der Waals surface area contributed by atoms with Crippen molar-refractivity contribution in [1.29, 1.82) is 5.26 Å². The fraction of sp³-hybridized carbons (Fsp3) is 0.346. The van der Waals surface area contributed by atoms with Crippen molar-refractivity contribution < 1.29 is 19.1 Å². The Morgan fingerprint density at radius 3 is 2.59 bits per heavy atom. The van der Waals surface area contributed by atoms with E-state index in [0.717, 1.165) is 22.3 Å². The number of Topliss-reactive ketones (excluding diaryl/α,β-unsaturated/α-hetero) is 1. The highest BCUT2D eigenvalue weighted by Gasteiger charge is 2.43. The first-order valence-electron chi connectivity index (χ1n) is 10.8. The van der Waals surface area contributed by atoms with Crippen LogP contribution in [0, 0.1) is 11.3 Å². The summed E-state index contributed by atoms with van der Waals surface area (Å²) in [7, 11) is 1.55. The van der Waals surface area contributed by atoms with Crippen molar-refractivity contribution in [1.82, 2.24) is 4.90 Å². The lowest BCUT2D eigenvalue weighted by Gasteiger charge is -2.35. The molecule has 1 fully saturated rings. The summed E-state index contributed by atoms with van der Waals surface area (Å²) in [5, 5.41) is 9.28. The van der Waals surface area contributed by atoms with Gasteiger partial charge >= 0.3 is 0 Å².